The van der Waals surface area contributed by atoms with Crippen LogP contribution in [0.1, 0.15) is 11.1 Å². The number of anilines is 1. The zero-order chi connectivity index (χ0) is 15.6. The van der Waals surface area contributed by atoms with Crippen molar-refractivity contribution in [3.63, 3.8) is 0 Å². The summed E-state index contributed by atoms with van der Waals surface area (Å²) in [5.74, 6) is -0.434. The van der Waals surface area contributed by atoms with E-state index in [1.807, 2.05) is 0 Å². The monoisotopic (exact) mass is 381 g/mol. The maximum Gasteiger partial charge on any atom is 0.416 e. The van der Waals surface area contributed by atoms with Crippen LogP contribution in [0.15, 0.2) is 40.9 Å². The minimum absolute atomic E-state index is 0.0192. The first-order valence-electron chi connectivity index (χ1n) is 5.81. The molecule has 0 aliphatic carbocycles. The summed E-state index contributed by atoms with van der Waals surface area (Å²) in [6, 6.07) is 7.69. The maximum absolute atomic E-state index is 13.3. The molecule has 112 valence electrons. The van der Waals surface area contributed by atoms with Crippen LogP contribution in [0.4, 0.5) is 23.2 Å². The van der Waals surface area contributed by atoms with Crippen molar-refractivity contribution < 1.29 is 17.6 Å². The quantitative estimate of drug-likeness (QED) is 0.654. The molecule has 0 atom stereocenters. The van der Waals surface area contributed by atoms with Crippen LogP contribution in [-0.4, -0.2) is 0 Å². The molecule has 0 spiro atoms. The molecule has 21 heavy (non-hydrogen) atoms. The molecule has 0 saturated carbocycles. The summed E-state index contributed by atoms with van der Waals surface area (Å²) >= 11 is 8.71. The summed E-state index contributed by atoms with van der Waals surface area (Å²) in [6.07, 6.45) is -4.47. The summed E-state index contributed by atoms with van der Waals surface area (Å²) in [5.41, 5.74) is -0.0122. The van der Waals surface area contributed by atoms with E-state index in [4.69, 9.17) is 11.6 Å². The van der Waals surface area contributed by atoms with Crippen LogP contribution in [0.2, 0.25) is 5.02 Å². The molecular formula is C14H9BrClF4N. The lowest BCUT2D eigenvalue weighted by molar-refractivity contribution is -0.137. The lowest BCUT2D eigenvalue weighted by atomic mass is 10.1. The SMILES string of the molecule is Fc1cc(CNc2cc(Cl)cc(C(F)(F)F)c2)ccc1Br. The third-order valence-electron chi connectivity index (χ3n) is 2.71. The van der Waals surface area contributed by atoms with Crippen molar-refractivity contribution in [1.29, 1.82) is 0 Å². The standard InChI is InChI=1S/C14H9BrClF4N/c15-12-2-1-8(3-13(12)17)7-21-11-5-9(14(18,19)20)4-10(16)6-11/h1-6,21H,7H2. The number of benzene rings is 2. The van der Waals surface area contributed by atoms with E-state index in [-0.39, 0.29) is 17.3 Å². The van der Waals surface area contributed by atoms with Crippen molar-refractivity contribution in [2.75, 3.05) is 5.32 Å². The van der Waals surface area contributed by atoms with Crippen molar-refractivity contribution >= 4 is 33.2 Å². The van der Waals surface area contributed by atoms with Gasteiger partial charge in [0.25, 0.3) is 0 Å². The molecule has 0 aliphatic heterocycles. The third-order valence-corrected chi connectivity index (χ3v) is 3.57. The van der Waals surface area contributed by atoms with Gasteiger partial charge in [-0.15, -0.1) is 0 Å². The lowest BCUT2D eigenvalue weighted by Gasteiger charge is -2.12. The van der Waals surface area contributed by atoms with Crippen molar-refractivity contribution in [3.8, 4) is 0 Å². The molecule has 0 bridgehead atoms. The van der Waals surface area contributed by atoms with E-state index < -0.39 is 17.6 Å². The Morgan fingerprint density at radius 2 is 1.81 bits per heavy atom. The summed E-state index contributed by atoms with van der Waals surface area (Å²) in [4.78, 5) is 0. The van der Waals surface area contributed by atoms with Gasteiger partial charge >= 0.3 is 6.18 Å². The number of rotatable bonds is 3. The molecule has 0 heterocycles. The van der Waals surface area contributed by atoms with E-state index in [1.54, 1.807) is 6.07 Å². The topological polar surface area (TPSA) is 12.0 Å². The molecule has 0 saturated heterocycles. The molecule has 1 N–H and O–H groups in total. The second-order valence-electron chi connectivity index (χ2n) is 4.33. The molecule has 0 aliphatic rings. The molecule has 0 aromatic heterocycles. The normalized spacial score (nSPS) is 11.5. The van der Waals surface area contributed by atoms with Crippen molar-refractivity contribution in [2.45, 2.75) is 12.7 Å². The second kappa shape index (κ2) is 6.23. The van der Waals surface area contributed by atoms with Gasteiger partial charge in [-0.3, -0.25) is 0 Å². The van der Waals surface area contributed by atoms with E-state index in [2.05, 4.69) is 21.2 Å². The lowest BCUT2D eigenvalue weighted by Crippen LogP contribution is -2.07. The smallest absolute Gasteiger partial charge is 0.381 e. The van der Waals surface area contributed by atoms with E-state index in [0.29, 0.717) is 10.0 Å². The van der Waals surface area contributed by atoms with Gasteiger partial charge in [-0.25, -0.2) is 4.39 Å². The predicted molar refractivity (Wildman–Crippen MR) is 77.9 cm³/mol. The predicted octanol–water partition coefficient (Wildman–Crippen LogP) is 5.87. The van der Waals surface area contributed by atoms with E-state index in [9.17, 15) is 17.6 Å². The Kier molecular flexibility index (Phi) is 4.78. The molecule has 2 rings (SSSR count). The average molecular weight is 383 g/mol. The Hall–Kier alpha value is -1.27. The highest BCUT2D eigenvalue weighted by Crippen LogP contribution is 2.33. The van der Waals surface area contributed by atoms with Crippen LogP contribution in [0, 0.1) is 5.82 Å². The highest BCUT2D eigenvalue weighted by Gasteiger charge is 2.31. The highest BCUT2D eigenvalue weighted by molar-refractivity contribution is 9.10. The number of halogens is 6. The van der Waals surface area contributed by atoms with Gasteiger partial charge < -0.3 is 5.32 Å². The van der Waals surface area contributed by atoms with Gasteiger partial charge in [0.05, 0.1) is 10.0 Å². The summed E-state index contributed by atoms with van der Waals surface area (Å²) in [6.45, 7) is 0.182. The number of nitrogens with one attached hydrogen (secondary N) is 1. The molecular weight excluding hydrogens is 374 g/mol. The van der Waals surface area contributed by atoms with Gasteiger partial charge in [0, 0.05) is 17.3 Å². The molecule has 2 aromatic carbocycles. The summed E-state index contributed by atoms with van der Waals surface area (Å²) in [5, 5.41) is 2.78. The summed E-state index contributed by atoms with van der Waals surface area (Å²) in [7, 11) is 0. The average Bonchev–Trinajstić information content (AvgIpc) is 2.38. The Labute approximate surface area is 132 Å². The minimum atomic E-state index is -4.47. The van der Waals surface area contributed by atoms with E-state index in [0.717, 1.165) is 12.1 Å². The van der Waals surface area contributed by atoms with Crippen LogP contribution < -0.4 is 5.32 Å². The molecule has 0 radical (unpaired) electrons. The van der Waals surface area contributed by atoms with Crippen LogP contribution in [-0.2, 0) is 12.7 Å². The first-order chi connectivity index (χ1) is 9.75. The fraction of sp³-hybridized carbons (Fsp3) is 0.143. The second-order valence-corrected chi connectivity index (χ2v) is 5.62. The van der Waals surface area contributed by atoms with Crippen LogP contribution in [0.5, 0.6) is 0 Å². The minimum Gasteiger partial charge on any atom is -0.381 e. The van der Waals surface area contributed by atoms with Gasteiger partial charge in [0.15, 0.2) is 0 Å². The van der Waals surface area contributed by atoms with E-state index >= 15 is 0 Å². The van der Waals surface area contributed by atoms with Crippen LogP contribution in [0.3, 0.4) is 0 Å². The molecule has 7 heteroatoms. The van der Waals surface area contributed by atoms with Crippen molar-refractivity contribution in [3.05, 3.63) is 62.8 Å². The Balaban J connectivity index is 2.16. The van der Waals surface area contributed by atoms with Crippen LogP contribution >= 0.6 is 27.5 Å². The van der Waals surface area contributed by atoms with Crippen molar-refractivity contribution in [2.24, 2.45) is 0 Å². The van der Waals surface area contributed by atoms with Crippen molar-refractivity contribution in [1.82, 2.24) is 0 Å². The van der Waals surface area contributed by atoms with Gasteiger partial charge in [0.2, 0.25) is 0 Å². The fourth-order valence-electron chi connectivity index (χ4n) is 1.71. The Morgan fingerprint density at radius 1 is 1.10 bits per heavy atom. The first kappa shape index (κ1) is 16.1. The van der Waals surface area contributed by atoms with Crippen LogP contribution in [0.25, 0.3) is 0 Å². The van der Waals surface area contributed by atoms with Gasteiger partial charge in [0.1, 0.15) is 5.82 Å². The largest absolute Gasteiger partial charge is 0.416 e. The number of hydrogen-bond donors (Lipinski definition) is 1. The zero-order valence-electron chi connectivity index (χ0n) is 10.4. The Bertz CT molecular complexity index is 658. The highest BCUT2D eigenvalue weighted by atomic mass is 79.9. The molecule has 0 fully saturated rings. The Morgan fingerprint density at radius 3 is 2.43 bits per heavy atom. The van der Waals surface area contributed by atoms with Gasteiger partial charge in [-0.1, -0.05) is 17.7 Å². The first-order valence-corrected chi connectivity index (χ1v) is 6.98. The van der Waals surface area contributed by atoms with E-state index in [1.165, 1.54) is 18.2 Å². The molecule has 0 unspecified atom stereocenters. The molecule has 1 nitrogen and oxygen atoms in total. The van der Waals surface area contributed by atoms with Gasteiger partial charge in [-0.05, 0) is 51.8 Å². The number of alkyl halides is 3. The molecule has 0 amide bonds. The summed E-state index contributed by atoms with van der Waals surface area (Å²) < 4.78 is 51.7. The molecule has 2 aromatic rings. The van der Waals surface area contributed by atoms with Gasteiger partial charge in [-0.2, -0.15) is 13.2 Å². The third kappa shape index (κ3) is 4.35. The fourth-order valence-corrected chi connectivity index (χ4v) is 2.19. The zero-order valence-corrected chi connectivity index (χ0v) is 12.8. The number of hydrogen-bond acceptors (Lipinski definition) is 1. The maximum atomic E-state index is 13.3.